The van der Waals surface area contributed by atoms with Gasteiger partial charge in [0.25, 0.3) is 0 Å². The highest BCUT2D eigenvalue weighted by Crippen LogP contribution is 2.16. The fourth-order valence-corrected chi connectivity index (χ4v) is 1.66. The van der Waals surface area contributed by atoms with Crippen molar-refractivity contribution in [3.05, 3.63) is 0 Å². The number of carbonyl (C=O) groups is 1. The molecule has 6 heteroatoms. The first kappa shape index (κ1) is 11.4. The van der Waals surface area contributed by atoms with Gasteiger partial charge in [-0.1, -0.05) is 12.8 Å². The summed E-state index contributed by atoms with van der Waals surface area (Å²) in [6.45, 7) is -4.61. The Balaban J connectivity index is 2.50. The van der Waals surface area contributed by atoms with Gasteiger partial charge < -0.3 is 17.8 Å². The lowest BCUT2D eigenvalue weighted by Gasteiger charge is -2.29. The van der Waals surface area contributed by atoms with Gasteiger partial charge in [0.05, 0.1) is 0 Å². The van der Waals surface area contributed by atoms with Crippen LogP contribution in [0.15, 0.2) is 0 Å². The minimum atomic E-state index is -4.88. The number of nitrogens with zero attached hydrogens (tertiary/aromatic N) is 1. The van der Waals surface area contributed by atoms with E-state index in [1.54, 1.807) is 0 Å². The van der Waals surface area contributed by atoms with Gasteiger partial charge in [-0.2, -0.15) is 0 Å². The number of hydrogen-bond acceptors (Lipinski definition) is 1. The van der Waals surface area contributed by atoms with Gasteiger partial charge in [-0.3, -0.25) is 4.79 Å². The molecular weight excluding hydrogens is 194 g/mol. The highest BCUT2D eigenvalue weighted by atomic mass is 19.4. The normalized spacial score (nSPS) is 20.5. The van der Waals surface area contributed by atoms with Crippen molar-refractivity contribution in [2.24, 2.45) is 0 Å². The lowest BCUT2D eigenvalue weighted by atomic mass is 9.90. The second kappa shape index (κ2) is 4.71. The summed E-state index contributed by atoms with van der Waals surface area (Å²) in [4.78, 5) is 12.2. The van der Waals surface area contributed by atoms with E-state index in [1.165, 1.54) is 0 Å². The average Bonchev–Trinajstić information content (AvgIpc) is 2.03. The van der Waals surface area contributed by atoms with E-state index in [0.717, 1.165) is 24.2 Å². The van der Waals surface area contributed by atoms with Gasteiger partial charge in [0.1, 0.15) is 0 Å². The van der Waals surface area contributed by atoms with Crippen LogP contribution < -0.4 is 0 Å². The SMILES string of the molecule is O=C1CCCCCCN1C[B-](F)(F)F. The molecule has 0 unspecified atom stereocenters. The molecule has 0 bridgehead atoms. The van der Waals surface area contributed by atoms with E-state index in [4.69, 9.17) is 0 Å². The van der Waals surface area contributed by atoms with Crippen molar-refractivity contribution in [1.82, 2.24) is 4.90 Å². The molecule has 1 aliphatic rings. The third-order valence-electron chi connectivity index (χ3n) is 2.35. The van der Waals surface area contributed by atoms with Gasteiger partial charge in [-0.25, -0.2) is 0 Å². The number of halogens is 3. The van der Waals surface area contributed by atoms with Crippen molar-refractivity contribution in [2.75, 3.05) is 13.0 Å². The number of carbonyl (C=O) groups excluding carboxylic acids is 1. The molecule has 1 amide bonds. The first-order chi connectivity index (χ1) is 6.49. The molecule has 1 saturated heterocycles. The highest BCUT2D eigenvalue weighted by Gasteiger charge is 2.28. The largest absolute Gasteiger partial charge is 0.497 e. The Hall–Kier alpha value is -0.675. The minimum absolute atomic E-state index is 0.264. The van der Waals surface area contributed by atoms with Crippen LogP contribution in [0.3, 0.4) is 0 Å². The molecule has 14 heavy (non-hydrogen) atoms. The quantitative estimate of drug-likeness (QED) is 0.636. The topological polar surface area (TPSA) is 20.3 Å². The lowest BCUT2D eigenvalue weighted by Crippen LogP contribution is -2.42. The van der Waals surface area contributed by atoms with Gasteiger partial charge in [0.15, 0.2) is 0 Å². The van der Waals surface area contributed by atoms with Crippen molar-refractivity contribution < 1.29 is 17.7 Å². The first-order valence-electron chi connectivity index (χ1n) is 4.98. The van der Waals surface area contributed by atoms with Crippen LogP contribution in [0.2, 0.25) is 0 Å². The third-order valence-corrected chi connectivity index (χ3v) is 2.35. The third kappa shape index (κ3) is 4.02. The van der Waals surface area contributed by atoms with E-state index in [1.807, 2.05) is 0 Å². The number of amides is 1. The summed E-state index contributed by atoms with van der Waals surface area (Å²) in [7, 11) is 0. The summed E-state index contributed by atoms with van der Waals surface area (Å²) in [5.74, 6) is -0.344. The zero-order valence-electron chi connectivity index (χ0n) is 8.02. The average molecular weight is 208 g/mol. The van der Waals surface area contributed by atoms with Crippen molar-refractivity contribution in [3.63, 3.8) is 0 Å². The molecule has 1 fully saturated rings. The highest BCUT2D eigenvalue weighted by molar-refractivity contribution is 6.58. The van der Waals surface area contributed by atoms with E-state index in [-0.39, 0.29) is 18.9 Å². The minimum Gasteiger partial charge on any atom is -0.448 e. The summed E-state index contributed by atoms with van der Waals surface area (Å²) >= 11 is 0. The molecule has 0 aromatic heterocycles. The molecule has 0 atom stereocenters. The van der Waals surface area contributed by atoms with Crippen LogP contribution in [0.4, 0.5) is 12.9 Å². The Kier molecular flexibility index (Phi) is 3.83. The molecule has 0 aromatic rings. The molecule has 0 N–H and O–H groups in total. The summed E-state index contributed by atoms with van der Waals surface area (Å²) in [5.41, 5.74) is 0. The van der Waals surface area contributed by atoms with Crippen LogP contribution in [0.1, 0.15) is 32.1 Å². The Bertz CT molecular complexity index is 207. The number of likely N-dealkylation sites (tertiary alicyclic amines) is 1. The molecule has 82 valence electrons. The molecule has 1 rings (SSSR count). The monoisotopic (exact) mass is 208 g/mol. The molecule has 1 aliphatic heterocycles. The summed E-state index contributed by atoms with van der Waals surface area (Å²) in [5, 5.41) is 0. The Morgan fingerprint density at radius 2 is 1.79 bits per heavy atom. The van der Waals surface area contributed by atoms with Crippen LogP contribution in [0.25, 0.3) is 0 Å². The van der Waals surface area contributed by atoms with Crippen molar-refractivity contribution in [3.8, 4) is 0 Å². The Labute approximate surface area is 81.5 Å². The van der Waals surface area contributed by atoms with Crippen molar-refractivity contribution in [2.45, 2.75) is 32.1 Å². The maximum atomic E-state index is 12.1. The van der Waals surface area contributed by atoms with Gasteiger partial charge in [-0.05, 0) is 19.3 Å². The molecule has 2 nitrogen and oxygen atoms in total. The second-order valence-corrected chi connectivity index (χ2v) is 3.71. The van der Waals surface area contributed by atoms with E-state index in [9.17, 15) is 17.7 Å². The zero-order chi connectivity index (χ0) is 10.6. The molecule has 0 aromatic carbocycles. The van der Waals surface area contributed by atoms with E-state index >= 15 is 0 Å². The van der Waals surface area contributed by atoms with Crippen LogP contribution in [-0.4, -0.2) is 30.8 Å². The maximum Gasteiger partial charge on any atom is 0.497 e. The molecule has 0 spiro atoms. The van der Waals surface area contributed by atoms with Crippen LogP contribution in [0, 0.1) is 0 Å². The maximum absolute atomic E-state index is 12.1. The molecule has 0 saturated carbocycles. The predicted octanol–water partition coefficient (Wildman–Crippen LogP) is 2.17. The van der Waals surface area contributed by atoms with Gasteiger partial charge in [0, 0.05) is 13.0 Å². The molecular formula is C8H14BF3NO-. The summed E-state index contributed by atoms with van der Waals surface area (Å²) in [6, 6.07) is 0. The van der Waals surface area contributed by atoms with Crippen molar-refractivity contribution >= 4 is 12.9 Å². The van der Waals surface area contributed by atoms with Crippen LogP contribution in [-0.2, 0) is 4.79 Å². The molecule has 0 radical (unpaired) electrons. The Morgan fingerprint density at radius 1 is 1.14 bits per heavy atom. The number of rotatable bonds is 2. The van der Waals surface area contributed by atoms with Gasteiger partial charge in [-0.15, -0.1) is 0 Å². The van der Waals surface area contributed by atoms with E-state index in [2.05, 4.69) is 0 Å². The second-order valence-electron chi connectivity index (χ2n) is 3.71. The van der Waals surface area contributed by atoms with Crippen LogP contribution >= 0.6 is 0 Å². The number of hydrogen-bond donors (Lipinski definition) is 0. The van der Waals surface area contributed by atoms with E-state index < -0.39 is 13.4 Å². The van der Waals surface area contributed by atoms with Crippen LogP contribution in [0.5, 0.6) is 0 Å². The standard InChI is InChI=1S/C8H14BF3NO/c10-9(11,12)7-13-6-4-2-1-3-5-8(13)14/h1-7H2/q-1. The fourth-order valence-electron chi connectivity index (χ4n) is 1.66. The predicted molar refractivity (Wildman–Crippen MR) is 48.7 cm³/mol. The smallest absolute Gasteiger partial charge is 0.448 e. The fraction of sp³-hybridized carbons (Fsp3) is 0.875. The molecule has 1 heterocycles. The van der Waals surface area contributed by atoms with Crippen molar-refractivity contribution in [1.29, 1.82) is 0 Å². The molecule has 0 aliphatic carbocycles. The zero-order valence-corrected chi connectivity index (χ0v) is 8.02. The first-order valence-corrected chi connectivity index (χ1v) is 4.98. The Morgan fingerprint density at radius 3 is 2.43 bits per heavy atom. The van der Waals surface area contributed by atoms with Gasteiger partial charge >= 0.3 is 6.98 Å². The summed E-state index contributed by atoms with van der Waals surface area (Å²) in [6.07, 6.45) is 2.54. The van der Waals surface area contributed by atoms with E-state index in [0.29, 0.717) is 6.42 Å². The lowest BCUT2D eigenvalue weighted by molar-refractivity contribution is -0.131. The van der Waals surface area contributed by atoms with Gasteiger partial charge in [0.2, 0.25) is 5.91 Å². The summed E-state index contributed by atoms with van der Waals surface area (Å²) < 4.78 is 36.3.